The van der Waals surface area contributed by atoms with E-state index in [0.717, 1.165) is 83.5 Å². The van der Waals surface area contributed by atoms with E-state index in [1.807, 2.05) is 0 Å². The van der Waals surface area contributed by atoms with Crippen LogP contribution in [0.1, 0.15) is 316 Å². The van der Waals surface area contributed by atoms with Gasteiger partial charge in [-0.2, -0.15) is 0 Å². The summed E-state index contributed by atoms with van der Waals surface area (Å²) in [6.07, 6.45) is 71.3. The topological polar surface area (TPSA) is 78.9 Å². The zero-order valence-corrected chi connectivity index (χ0v) is 46.1. The van der Waals surface area contributed by atoms with Gasteiger partial charge in [-0.25, -0.2) is 0 Å². The van der Waals surface area contributed by atoms with Gasteiger partial charge in [0.2, 0.25) is 0 Å². The zero-order chi connectivity index (χ0) is 50.0. The fourth-order valence-electron chi connectivity index (χ4n) is 8.85. The molecule has 0 bridgehead atoms. The molecule has 6 heteroatoms. The maximum atomic E-state index is 12.8. The highest BCUT2D eigenvalue weighted by atomic mass is 16.6. The molecule has 0 aromatic carbocycles. The molecule has 0 aromatic rings. The summed E-state index contributed by atoms with van der Waals surface area (Å²) in [6, 6.07) is 0. The second-order valence-electron chi connectivity index (χ2n) is 20.2. The third kappa shape index (κ3) is 56.2. The van der Waals surface area contributed by atoms with Gasteiger partial charge in [0.25, 0.3) is 0 Å². The normalized spacial score (nSPS) is 12.3. The van der Waals surface area contributed by atoms with Gasteiger partial charge in [-0.05, 0) is 57.8 Å². The first kappa shape index (κ1) is 66.4. The summed E-state index contributed by atoms with van der Waals surface area (Å²) in [7, 11) is 0. The summed E-state index contributed by atoms with van der Waals surface area (Å²) in [4.78, 5) is 38.0. The Kier molecular flexibility index (Phi) is 55.7. The lowest BCUT2D eigenvalue weighted by molar-refractivity contribution is -0.167. The Morgan fingerprint density at radius 2 is 0.565 bits per heavy atom. The molecule has 0 N–H and O–H groups in total. The van der Waals surface area contributed by atoms with Crippen LogP contribution in [0, 0.1) is 0 Å². The van der Waals surface area contributed by atoms with Crippen molar-refractivity contribution in [2.24, 2.45) is 0 Å². The highest BCUT2D eigenvalue weighted by Crippen LogP contribution is 2.17. The Hall–Kier alpha value is -2.63. The van der Waals surface area contributed by atoms with Gasteiger partial charge in [-0.1, -0.05) is 288 Å². The summed E-state index contributed by atoms with van der Waals surface area (Å²) >= 11 is 0. The van der Waals surface area contributed by atoms with Gasteiger partial charge in [0, 0.05) is 19.3 Å². The first-order valence-electron chi connectivity index (χ1n) is 30.1. The van der Waals surface area contributed by atoms with Gasteiger partial charge in [0.15, 0.2) is 6.10 Å². The van der Waals surface area contributed by atoms with Crippen molar-refractivity contribution in [3.63, 3.8) is 0 Å². The van der Waals surface area contributed by atoms with Gasteiger partial charge in [0.1, 0.15) is 13.2 Å². The third-order valence-electron chi connectivity index (χ3n) is 13.3. The van der Waals surface area contributed by atoms with Gasteiger partial charge < -0.3 is 14.2 Å². The minimum atomic E-state index is -0.765. The number of carbonyl (C=O) groups excluding carboxylic acids is 3. The molecule has 0 amide bonds. The van der Waals surface area contributed by atoms with E-state index in [-0.39, 0.29) is 31.1 Å². The smallest absolute Gasteiger partial charge is 0.306 e. The zero-order valence-electron chi connectivity index (χ0n) is 46.1. The van der Waals surface area contributed by atoms with Gasteiger partial charge in [0.05, 0.1) is 0 Å². The Morgan fingerprint density at radius 3 is 0.884 bits per heavy atom. The average Bonchev–Trinajstić information content (AvgIpc) is 3.35. The lowest BCUT2D eigenvalue weighted by atomic mass is 10.0. The van der Waals surface area contributed by atoms with Crippen molar-refractivity contribution in [3.05, 3.63) is 48.6 Å². The van der Waals surface area contributed by atoms with E-state index >= 15 is 0 Å². The summed E-state index contributed by atoms with van der Waals surface area (Å²) in [6.45, 7) is 6.54. The number of unbranched alkanes of at least 4 members (excludes halogenated alkanes) is 36. The van der Waals surface area contributed by atoms with Gasteiger partial charge >= 0.3 is 17.9 Å². The minimum absolute atomic E-state index is 0.0672. The van der Waals surface area contributed by atoms with Crippen molar-refractivity contribution in [1.82, 2.24) is 0 Å². The van der Waals surface area contributed by atoms with E-state index in [4.69, 9.17) is 14.2 Å². The number of ether oxygens (including phenoxy) is 3. The van der Waals surface area contributed by atoms with Crippen LogP contribution in [0.4, 0.5) is 0 Å². The van der Waals surface area contributed by atoms with E-state index in [1.54, 1.807) is 0 Å². The van der Waals surface area contributed by atoms with Gasteiger partial charge in [-0.3, -0.25) is 14.4 Å². The van der Waals surface area contributed by atoms with Crippen LogP contribution in [-0.2, 0) is 28.6 Å². The van der Waals surface area contributed by atoms with Crippen LogP contribution >= 0.6 is 0 Å². The second-order valence-corrected chi connectivity index (χ2v) is 20.2. The quantitative estimate of drug-likeness (QED) is 0.0262. The number of esters is 3. The molecule has 0 aromatic heterocycles. The van der Waals surface area contributed by atoms with Crippen LogP contribution in [0.5, 0.6) is 0 Å². The molecule has 6 nitrogen and oxygen atoms in total. The lowest BCUT2D eigenvalue weighted by Gasteiger charge is -2.18. The number of hydrogen-bond acceptors (Lipinski definition) is 6. The van der Waals surface area contributed by atoms with Crippen LogP contribution < -0.4 is 0 Å². The first-order chi connectivity index (χ1) is 34.0. The fraction of sp³-hybridized carbons (Fsp3) is 0.825. The number of hydrogen-bond donors (Lipinski definition) is 0. The first-order valence-corrected chi connectivity index (χ1v) is 30.1. The summed E-state index contributed by atoms with van der Waals surface area (Å²) in [5, 5.41) is 0. The van der Waals surface area contributed by atoms with Gasteiger partial charge in [-0.15, -0.1) is 0 Å². The summed E-state index contributed by atoms with van der Waals surface area (Å²) in [5.41, 5.74) is 0. The largest absolute Gasteiger partial charge is 0.462 e. The second kappa shape index (κ2) is 57.9. The van der Waals surface area contributed by atoms with Crippen LogP contribution in [0.15, 0.2) is 48.6 Å². The SMILES string of the molecule is CC/C=C\C/C=C\C/C=C\C/C=C\CCCCCCCCCCCCCCCCCCC(=O)OCC(COC(=O)CCCCCCCCCC)OC(=O)CCCCCCCCCCCCCCCC. The maximum absolute atomic E-state index is 12.8. The molecule has 69 heavy (non-hydrogen) atoms. The monoisotopic (exact) mass is 967 g/mol. The van der Waals surface area contributed by atoms with E-state index in [2.05, 4.69) is 69.4 Å². The molecular formula is C63H114O6. The van der Waals surface area contributed by atoms with Crippen molar-refractivity contribution >= 4 is 17.9 Å². The third-order valence-corrected chi connectivity index (χ3v) is 13.3. The minimum Gasteiger partial charge on any atom is -0.462 e. The fourth-order valence-corrected chi connectivity index (χ4v) is 8.85. The van der Waals surface area contributed by atoms with E-state index in [0.29, 0.717) is 19.3 Å². The van der Waals surface area contributed by atoms with Crippen LogP contribution in [-0.4, -0.2) is 37.2 Å². The molecule has 0 rings (SSSR count). The van der Waals surface area contributed by atoms with E-state index < -0.39 is 6.10 Å². The van der Waals surface area contributed by atoms with Crippen LogP contribution in [0.25, 0.3) is 0 Å². The summed E-state index contributed by atoms with van der Waals surface area (Å²) < 4.78 is 16.8. The van der Waals surface area contributed by atoms with Crippen molar-refractivity contribution < 1.29 is 28.6 Å². The molecule has 402 valence electrons. The molecule has 1 unspecified atom stereocenters. The Labute approximate surface area is 428 Å². The molecule has 0 heterocycles. The summed E-state index contributed by atoms with van der Waals surface area (Å²) in [5.74, 6) is -0.854. The molecule has 0 aliphatic heterocycles. The number of allylic oxidation sites excluding steroid dienone is 8. The number of carbonyl (C=O) groups is 3. The van der Waals surface area contributed by atoms with Crippen molar-refractivity contribution in [2.45, 2.75) is 322 Å². The van der Waals surface area contributed by atoms with Crippen molar-refractivity contribution in [3.8, 4) is 0 Å². The van der Waals surface area contributed by atoms with E-state index in [9.17, 15) is 14.4 Å². The molecule has 0 aliphatic rings. The molecule has 0 aliphatic carbocycles. The predicted molar refractivity (Wildman–Crippen MR) is 298 cm³/mol. The van der Waals surface area contributed by atoms with Crippen LogP contribution in [0.3, 0.4) is 0 Å². The van der Waals surface area contributed by atoms with Crippen LogP contribution in [0.2, 0.25) is 0 Å². The highest BCUT2D eigenvalue weighted by Gasteiger charge is 2.19. The molecular weight excluding hydrogens is 853 g/mol. The maximum Gasteiger partial charge on any atom is 0.306 e. The standard InChI is InChI=1S/C63H114O6/c1-4-7-10-13-16-19-21-23-25-26-27-28-29-30-31-32-33-34-35-36-37-38-39-41-42-44-47-50-53-56-62(65)68-59-60(58-67-61(64)55-52-49-46-18-15-12-9-6-3)69-63(66)57-54-51-48-45-43-40-24-22-20-17-14-11-8-5-2/h7,10,16,19,23,25,27-28,60H,4-6,8-9,11-15,17-18,20-22,24,26,29-59H2,1-3H3/b10-7-,19-16-,25-23-,28-27-. The molecule has 0 radical (unpaired) electrons. The molecule has 0 spiro atoms. The molecule has 0 fully saturated rings. The van der Waals surface area contributed by atoms with Crippen molar-refractivity contribution in [1.29, 1.82) is 0 Å². The number of rotatable bonds is 55. The molecule has 1 atom stereocenters. The Morgan fingerprint density at radius 1 is 0.304 bits per heavy atom. The Balaban J connectivity index is 4.06. The molecule has 0 saturated carbocycles. The van der Waals surface area contributed by atoms with E-state index in [1.165, 1.54) is 193 Å². The Bertz CT molecular complexity index is 1200. The highest BCUT2D eigenvalue weighted by molar-refractivity contribution is 5.71. The van der Waals surface area contributed by atoms with Crippen molar-refractivity contribution in [2.75, 3.05) is 13.2 Å². The molecule has 0 saturated heterocycles. The lowest BCUT2D eigenvalue weighted by Crippen LogP contribution is -2.30. The average molecular weight is 968 g/mol. The predicted octanol–water partition coefficient (Wildman–Crippen LogP) is 20.2.